The maximum absolute atomic E-state index is 5.66. The first kappa shape index (κ1) is 14.5. The number of nitrogens with one attached hydrogen (secondary N) is 1. The fourth-order valence-electron chi connectivity index (χ4n) is 2.01. The molecule has 0 fully saturated rings. The molecule has 5 heteroatoms. The van der Waals surface area contributed by atoms with Crippen LogP contribution in [0.25, 0.3) is 0 Å². The average molecular weight is 275 g/mol. The van der Waals surface area contributed by atoms with Crippen LogP contribution in [0.3, 0.4) is 0 Å². The second-order valence-electron chi connectivity index (χ2n) is 4.54. The lowest BCUT2D eigenvalue weighted by molar-refractivity contribution is 0.406. The number of aromatic nitrogens is 2. The highest BCUT2D eigenvalue weighted by molar-refractivity contribution is 5.34. The summed E-state index contributed by atoms with van der Waals surface area (Å²) in [5, 5.41) is 11.4. The van der Waals surface area contributed by atoms with Gasteiger partial charge >= 0.3 is 0 Å². The lowest BCUT2D eigenvalue weighted by Crippen LogP contribution is -2.14. The molecule has 20 heavy (non-hydrogen) atoms. The van der Waals surface area contributed by atoms with Crippen LogP contribution < -0.4 is 10.1 Å². The first-order valence-corrected chi connectivity index (χ1v) is 6.97. The van der Waals surface area contributed by atoms with Crippen LogP contribution in [-0.2, 0) is 12.8 Å². The third-order valence-electron chi connectivity index (χ3n) is 3.04. The molecule has 5 nitrogen and oxygen atoms in total. The SMILES string of the molecule is CCNCCCc1nnc(Cc2ccccc2OC)o1. The van der Waals surface area contributed by atoms with Crippen molar-refractivity contribution >= 4 is 0 Å². The van der Waals surface area contributed by atoms with E-state index in [-0.39, 0.29) is 0 Å². The van der Waals surface area contributed by atoms with E-state index in [0.29, 0.717) is 18.2 Å². The molecule has 1 heterocycles. The molecule has 0 unspecified atom stereocenters. The topological polar surface area (TPSA) is 60.2 Å². The van der Waals surface area contributed by atoms with E-state index in [0.717, 1.165) is 37.2 Å². The smallest absolute Gasteiger partial charge is 0.221 e. The fourth-order valence-corrected chi connectivity index (χ4v) is 2.01. The monoisotopic (exact) mass is 275 g/mol. The summed E-state index contributed by atoms with van der Waals surface area (Å²) >= 11 is 0. The minimum absolute atomic E-state index is 0.601. The van der Waals surface area contributed by atoms with Crippen LogP contribution in [0, 0.1) is 0 Å². The summed E-state index contributed by atoms with van der Waals surface area (Å²) in [4.78, 5) is 0. The van der Waals surface area contributed by atoms with Crippen molar-refractivity contribution in [1.29, 1.82) is 0 Å². The first-order valence-electron chi connectivity index (χ1n) is 6.97. The zero-order valence-electron chi connectivity index (χ0n) is 12.1. The number of hydrogen-bond acceptors (Lipinski definition) is 5. The van der Waals surface area contributed by atoms with Crippen molar-refractivity contribution in [2.45, 2.75) is 26.2 Å². The predicted molar refractivity (Wildman–Crippen MR) is 77.0 cm³/mol. The summed E-state index contributed by atoms with van der Waals surface area (Å²) in [5.74, 6) is 2.18. The zero-order valence-corrected chi connectivity index (χ0v) is 12.1. The van der Waals surface area contributed by atoms with E-state index >= 15 is 0 Å². The highest BCUT2D eigenvalue weighted by atomic mass is 16.5. The second-order valence-corrected chi connectivity index (χ2v) is 4.54. The number of benzene rings is 1. The third-order valence-corrected chi connectivity index (χ3v) is 3.04. The minimum atomic E-state index is 0.601. The highest BCUT2D eigenvalue weighted by Gasteiger charge is 2.09. The average Bonchev–Trinajstić information content (AvgIpc) is 2.92. The first-order chi connectivity index (χ1) is 9.83. The van der Waals surface area contributed by atoms with Crippen LogP contribution in [0.2, 0.25) is 0 Å². The van der Waals surface area contributed by atoms with Gasteiger partial charge in [0.15, 0.2) is 0 Å². The Morgan fingerprint density at radius 1 is 1.20 bits per heavy atom. The van der Waals surface area contributed by atoms with Crippen molar-refractivity contribution in [1.82, 2.24) is 15.5 Å². The van der Waals surface area contributed by atoms with E-state index in [1.54, 1.807) is 7.11 Å². The Morgan fingerprint density at radius 2 is 2.00 bits per heavy atom. The molecule has 0 aliphatic carbocycles. The Morgan fingerprint density at radius 3 is 2.80 bits per heavy atom. The van der Waals surface area contributed by atoms with Crippen molar-refractivity contribution in [2.24, 2.45) is 0 Å². The van der Waals surface area contributed by atoms with Gasteiger partial charge in [-0.1, -0.05) is 25.1 Å². The predicted octanol–water partition coefficient (Wildman–Crippen LogP) is 2.21. The Balaban J connectivity index is 1.92. The van der Waals surface area contributed by atoms with Gasteiger partial charge in [0, 0.05) is 12.0 Å². The summed E-state index contributed by atoms with van der Waals surface area (Å²) in [6, 6.07) is 7.87. The number of aryl methyl sites for hydroxylation is 1. The summed E-state index contributed by atoms with van der Waals surface area (Å²) in [6.45, 7) is 4.06. The maximum Gasteiger partial charge on any atom is 0.221 e. The Kier molecular flexibility index (Phi) is 5.55. The molecule has 0 aliphatic rings. The largest absolute Gasteiger partial charge is 0.496 e. The van der Waals surface area contributed by atoms with Crippen LogP contribution in [0.1, 0.15) is 30.7 Å². The molecule has 0 saturated heterocycles. The fraction of sp³-hybridized carbons (Fsp3) is 0.467. The summed E-state index contributed by atoms with van der Waals surface area (Å²) in [5.41, 5.74) is 1.05. The van der Waals surface area contributed by atoms with E-state index in [1.807, 2.05) is 24.3 Å². The van der Waals surface area contributed by atoms with Gasteiger partial charge in [0.1, 0.15) is 5.75 Å². The molecule has 0 saturated carbocycles. The van der Waals surface area contributed by atoms with Gasteiger partial charge in [-0.05, 0) is 25.6 Å². The molecule has 2 aromatic rings. The van der Waals surface area contributed by atoms with Gasteiger partial charge in [-0.15, -0.1) is 10.2 Å². The number of methoxy groups -OCH3 is 1. The van der Waals surface area contributed by atoms with Crippen molar-refractivity contribution < 1.29 is 9.15 Å². The Labute approximate surface area is 119 Å². The van der Waals surface area contributed by atoms with E-state index in [2.05, 4.69) is 22.4 Å². The molecule has 0 radical (unpaired) electrons. The van der Waals surface area contributed by atoms with Crippen molar-refractivity contribution in [3.05, 3.63) is 41.6 Å². The molecule has 1 aromatic carbocycles. The lowest BCUT2D eigenvalue weighted by Gasteiger charge is -2.05. The molecule has 0 spiro atoms. The van der Waals surface area contributed by atoms with Crippen molar-refractivity contribution in [3.8, 4) is 5.75 Å². The van der Waals surface area contributed by atoms with Crippen LogP contribution in [0.5, 0.6) is 5.75 Å². The number of ether oxygens (including phenoxy) is 1. The Bertz CT molecular complexity index is 525. The lowest BCUT2D eigenvalue weighted by atomic mass is 10.1. The molecule has 0 amide bonds. The standard InChI is InChI=1S/C15H21N3O2/c1-3-16-10-6-9-14-17-18-15(20-14)11-12-7-4-5-8-13(12)19-2/h4-5,7-8,16H,3,6,9-11H2,1-2H3. The van der Waals surface area contributed by atoms with Gasteiger partial charge in [-0.2, -0.15) is 0 Å². The molecule has 0 bridgehead atoms. The Hall–Kier alpha value is -1.88. The molecular formula is C15H21N3O2. The van der Waals surface area contributed by atoms with E-state index in [4.69, 9.17) is 9.15 Å². The van der Waals surface area contributed by atoms with Crippen LogP contribution in [0.15, 0.2) is 28.7 Å². The van der Waals surface area contributed by atoms with Crippen LogP contribution in [0.4, 0.5) is 0 Å². The highest BCUT2D eigenvalue weighted by Crippen LogP contribution is 2.20. The van der Waals surface area contributed by atoms with E-state index in [9.17, 15) is 0 Å². The third kappa shape index (κ3) is 4.06. The number of nitrogens with zero attached hydrogens (tertiary/aromatic N) is 2. The number of rotatable bonds is 8. The number of hydrogen-bond donors (Lipinski definition) is 1. The normalized spacial score (nSPS) is 10.7. The van der Waals surface area contributed by atoms with Gasteiger partial charge in [-0.3, -0.25) is 0 Å². The quantitative estimate of drug-likeness (QED) is 0.748. The minimum Gasteiger partial charge on any atom is -0.496 e. The molecule has 108 valence electrons. The zero-order chi connectivity index (χ0) is 14.2. The maximum atomic E-state index is 5.66. The summed E-state index contributed by atoms with van der Waals surface area (Å²) in [6.07, 6.45) is 2.42. The molecule has 0 aliphatic heterocycles. The van der Waals surface area contributed by atoms with Gasteiger partial charge in [0.2, 0.25) is 11.8 Å². The molecule has 1 aromatic heterocycles. The van der Waals surface area contributed by atoms with Crippen LogP contribution in [-0.4, -0.2) is 30.4 Å². The van der Waals surface area contributed by atoms with Crippen LogP contribution >= 0.6 is 0 Å². The molecule has 1 N–H and O–H groups in total. The van der Waals surface area contributed by atoms with Gasteiger partial charge in [0.05, 0.1) is 13.5 Å². The van der Waals surface area contributed by atoms with Crippen molar-refractivity contribution in [2.75, 3.05) is 20.2 Å². The number of para-hydroxylation sites is 1. The van der Waals surface area contributed by atoms with E-state index < -0.39 is 0 Å². The van der Waals surface area contributed by atoms with E-state index in [1.165, 1.54) is 0 Å². The summed E-state index contributed by atoms with van der Waals surface area (Å²) < 4.78 is 11.0. The van der Waals surface area contributed by atoms with Gasteiger partial charge < -0.3 is 14.5 Å². The molecular weight excluding hydrogens is 254 g/mol. The second kappa shape index (κ2) is 7.65. The summed E-state index contributed by atoms with van der Waals surface area (Å²) in [7, 11) is 1.67. The van der Waals surface area contributed by atoms with Gasteiger partial charge in [0.25, 0.3) is 0 Å². The molecule has 2 rings (SSSR count). The molecule has 0 atom stereocenters. The van der Waals surface area contributed by atoms with Gasteiger partial charge in [-0.25, -0.2) is 0 Å². The van der Waals surface area contributed by atoms with Crippen molar-refractivity contribution in [3.63, 3.8) is 0 Å².